The van der Waals surface area contributed by atoms with Gasteiger partial charge in [-0.1, -0.05) is 25.4 Å². The van der Waals surface area contributed by atoms with E-state index in [1.807, 2.05) is 13.8 Å². The van der Waals surface area contributed by atoms with Crippen molar-refractivity contribution >= 4 is 17.4 Å². The van der Waals surface area contributed by atoms with Gasteiger partial charge in [0.1, 0.15) is 11.4 Å². The van der Waals surface area contributed by atoms with Crippen LogP contribution in [0.4, 0.5) is 4.39 Å². The number of ketones is 1. The highest BCUT2D eigenvalue weighted by atomic mass is 35.5. The van der Waals surface area contributed by atoms with Gasteiger partial charge in [-0.3, -0.25) is 4.79 Å². The first-order valence-electron chi connectivity index (χ1n) is 5.55. The lowest BCUT2D eigenvalue weighted by molar-refractivity contribution is -0.00292. The third kappa shape index (κ3) is 2.67. The molecular formula is C13H16ClFO2. The van der Waals surface area contributed by atoms with Crippen LogP contribution in [0.1, 0.15) is 37.0 Å². The summed E-state index contributed by atoms with van der Waals surface area (Å²) in [5, 5.41) is 0.273. The van der Waals surface area contributed by atoms with E-state index >= 15 is 0 Å². The van der Waals surface area contributed by atoms with Gasteiger partial charge in [0, 0.05) is 12.1 Å². The van der Waals surface area contributed by atoms with Gasteiger partial charge in [-0.15, -0.1) is 0 Å². The first-order chi connectivity index (χ1) is 8.00. The molecule has 0 bridgehead atoms. The van der Waals surface area contributed by atoms with Crippen LogP contribution >= 0.6 is 11.6 Å². The number of hydrogen-bond acceptors (Lipinski definition) is 2. The van der Waals surface area contributed by atoms with Gasteiger partial charge in [0.25, 0.3) is 0 Å². The quantitative estimate of drug-likeness (QED) is 0.750. The van der Waals surface area contributed by atoms with Crippen molar-refractivity contribution in [2.75, 3.05) is 7.11 Å². The van der Waals surface area contributed by atoms with Crippen LogP contribution in [-0.2, 0) is 4.74 Å². The van der Waals surface area contributed by atoms with Gasteiger partial charge >= 0.3 is 0 Å². The molecule has 0 aliphatic heterocycles. The summed E-state index contributed by atoms with van der Waals surface area (Å²) in [5.41, 5.74) is -0.922. The normalized spacial score (nSPS) is 11.6. The van der Waals surface area contributed by atoms with E-state index in [2.05, 4.69) is 0 Å². The average molecular weight is 259 g/mol. The summed E-state index contributed by atoms with van der Waals surface area (Å²) in [5.74, 6) is -0.940. The second-order valence-corrected chi connectivity index (χ2v) is 4.30. The molecule has 94 valence electrons. The monoisotopic (exact) mass is 258 g/mol. The van der Waals surface area contributed by atoms with Crippen LogP contribution in [0, 0.1) is 5.82 Å². The van der Waals surface area contributed by atoms with Crippen LogP contribution in [0.3, 0.4) is 0 Å². The Hall–Kier alpha value is -0.930. The number of ether oxygens (including phenoxy) is 1. The van der Waals surface area contributed by atoms with Crippen molar-refractivity contribution in [3.05, 3.63) is 34.6 Å². The molecule has 0 N–H and O–H groups in total. The Morgan fingerprint density at radius 3 is 2.41 bits per heavy atom. The Morgan fingerprint density at radius 1 is 1.41 bits per heavy atom. The molecule has 2 nitrogen and oxygen atoms in total. The van der Waals surface area contributed by atoms with Crippen LogP contribution in [-0.4, -0.2) is 18.5 Å². The number of carbonyl (C=O) groups excluding carboxylic acids is 1. The molecule has 0 saturated heterocycles. The summed E-state index contributed by atoms with van der Waals surface area (Å²) in [6.45, 7) is 3.69. The SMILES string of the molecule is CCC(CC)(OC)C(=O)c1ccc(Cl)cc1F. The molecule has 0 heterocycles. The third-order valence-corrected chi connectivity index (χ3v) is 3.36. The van der Waals surface area contributed by atoms with Gasteiger partial charge in [0.2, 0.25) is 0 Å². The lowest BCUT2D eigenvalue weighted by Gasteiger charge is -2.28. The maximum atomic E-state index is 13.7. The van der Waals surface area contributed by atoms with Crippen molar-refractivity contribution in [1.82, 2.24) is 0 Å². The molecule has 1 aromatic carbocycles. The molecule has 1 aromatic rings. The Labute approximate surface area is 106 Å². The van der Waals surface area contributed by atoms with Crippen LogP contribution in [0.5, 0.6) is 0 Å². The largest absolute Gasteiger partial charge is 0.370 e. The third-order valence-electron chi connectivity index (χ3n) is 3.12. The second-order valence-electron chi connectivity index (χ2n) is 3.86. The highest BCUT2D eigenvalue weighted by Gasteiger charge is 2.36. The molecule has 0 aliphatic carbocycles. The van der Waals surface area contributed by atoms with E-state index < -0.39 is 11.4 Å². The Balaban J connectivity index is 3.19. The minimum absolute atomic E-state index is 0.0277. The summed E-state index contributed by atoms with van der Waals surface area (Å²) in [7, 11) is 1.47. The van der Waals surface area contributed by atoms with Gasteiger partial charge in [0.15, 0.2) is 5.78 Å². The summed E-state index contributed by atoms with van der Waals surface area (Å²) >= 11 is 5.65. The number of hydrogen-bond donors (Lipinski definition) is 0. The lowest BCUT2D eigenvalue weighted by atomic mass is 9.87. The van der Waals surface area contributed by atoms with E-state index in [0.29, 0.717) is 12.8 Å². The summed E-state index contributed by atoms with van der Waals surface area (Å²) in [4.78, 5) is 12.3. The van der Waals surface area contributed by atoms with Gasteiger partial charge < -0.3 is 4.74 Å². The zero-order chi connectivity index (χ0) is 13.1. The fourth-order valence-electron chi connectivity index (χ4n) is 1.87. The van der Waals surface area contributed by atoms with Gasteiger partial charge in [0.05, 0.1) is 5.56 Å². The highest BCUT2D eigenvalue weighted by molar-refractivity contribution is 6.30. The lowest BCUT2D eigenvalue weighted by Crippen LogP contribution is -2.40. The maximum Gasteiger partial charge on any atom is 0.197 e. The van der Waals surface area contributed by atoms with E-state index in [9.17, 15) is 9.18 Å². The predicted octanol–water partition coefficient (Wildman–Crippen LogP) is 3.87. The summed E-state index contributed by atoms with van der Waals surface area (Å²) < 4.78 is 19.0. The van der Waals surface area contributed by atoms with Gasteiger partial charge in [-0.05, 0) is 31.0 Å². The second kappa shape index (κ2) is 5.61. The zero-order valence-corrected chi connectivity index (χ0v) is 11.0. The molecule has 0 radical (unpaired) electrons. The number of Topliss-reactive ketones (excluding diaryl/α,β-unsaturated/α-hetero) is 1. The molecule has 0 aromatic heterocycles. The molecule has 0 spiro atoms. The molecular weight excluding hydrogens is 243 g/mol. The topological polar surface area (TPSA) is 26.3 Å². The van der Waals surface area contributed by atoms with Gasteiger partial charge in [-0.25, -0.2) is 4.39 Å². The molecule has 0 atom stereocenters. The Morgan fingerprint density at radius 2 is 2.00 bits per heavy atom. The number of rotatable bonds is 5. The van der Waals surface area contributed by atoms with E-state index in [0.717, 1.165) is 6.07 Å². The first kappa shape index (κ1) is 14.1. The highest BCUT2D eigenvalue weighted by Crippen LogP contribution is 2.27. The predicted molar refractivity (Wildman–Crippen MR) is 66.1 cm³/mol. The van der Waals surface area contributed by atoms with E-state index in [1.54, 1.807) is 0 Å². The number of carbonyl (C=O) groups is 1. The fourth-order valence-corrected chi connectivity index (χ4v) is 2.03. The minimum Gasteiger partial charge on any atom is -0.370 e. The Bertz CT molecular complexity index is 406. The zero-order valence-electron chi connectivity index (χ0n) is 10.2. The molecule has 0 aliphatic rings. The molecule has 17 heavy (non-hydrogen) atoms. The van der Waals surface area contributed by atoms with Crippen LogP contribution in [0.2, 0.25) is 5.02 Å². The van der Waals surface area contributed by atoms with Crippen molar-refractivity contribution in [3.8, 4) is 0 Å². The molecule has 1 rings (SSSR count). The Kier molecular flexibility index (Phi) is 4.66. The minimum atomic E-state index is -0.950. The van der Waals surface area contributed by atoms with Crippen LogP contribution in [0.15, 0.2) is 18.2 Å². The van der Waals surface area contributed by atoms with Crippen LogP contribution < -0.4 is 0 Å². The fraction of sp³-hybridized carbons (Fsp3) is 0.462. The maximum absolute atomic E-state index is 13.7. The average Bonchev–Trinajstić information content (AvgIpc) is 2.32. The molecule has 0 saturated carbocycles. The molecule has 0 fully saturated rings. The van der Waals surface area contributed by atoms with Crippen molar-refractivity contribution in [3.63, 3.8) is 0 Å². The molecule has 4 heteroatoms. The van der Waals surface area contributed by atoms with E-state index in [1.165, 1.54) is 19.2 Å². The first-order valence-corrected chi connectivity index (χ1v) is 5.93. The summed E-state index contributed by atoms with van der Waals surface area (Å²) in [6.07, 6.45) is 1.00. The number of methoxy groups -OCH3 is 1. The van der Waals surface area contributed by atoms with E-state index in [4.69, 9.17) is 16.3 Å². The van der Waals surface area contributed by atoms with E-state index in [-0.39, 0.29) is 16.4 Å². The van der Waals surface area contributed by atoms with Crippen molar-refractivity contribution < 1.29 is 13.9 Å². The smallest absolute Gasteiger partial charge is 0.197 e. The number of halogens is 2. The summed E-state index contributed by atoms with van der Waals surface area (Å²) in [6, 6.07) is 4.04. The standard InChI is InChI=1S/C13H16ClFO2/c1-4-13(5-2,17-3)12(16)10-7-6-9(14)8-11(10)15/h6-8H,4-5H2,1-3H3. The van der Waals surface area contributed by atoms with Crippen molar-refractivity contribution in [2.45, 2.75) is 32.3 Å². The number of benzene rings is 1. The van der Waals surface area contributed by atoms with Crippen molar-refractivity contribution in [2.24, 2.45) is 0 Å². The van der Waals surface area contributed by atoms with Crippen LogP contribution in [0.25, 0.3) is 0 Å². The van der Waals surface area contributed by atoms with Crippen molar-refractivity contribution in [1.29, 1.82) is 0 Å². The molecule has 0 amide bonds. The van der Waals surface area contributed by atoms with Gasteiger partial charge in [-0.2, -0.15) is 0 Å². The molecule has 0 unspecified atom stereocenters.